The molecule has 0 radical (unpaired) electrons. The Hall–Kier alpha value is -4.21. The van der Waals surface area contributed by atoms with Crippen LogP contribution in [0, 0.1) is 11.6 Å². The van der Waals surface area contributed by atoms with Crippen LogP contribution in [0.3, 0.4) is 0 Å². The van der Waals surface area contributed by atoms with Gasteiger partial charge in [-0.2, -0.15) is 0 Å². The summed E-state index contributed by atoms with van der Waals surface area (Å²) in [5, 5.41) is 22.7. The van der Waals surface area contributed by atoms with E-state index in [1.165, 1.54) is 60.7 Å². The third-order valence-corrected chi connectivity index (χ3v) is 12.7. The molecular formula is C39H44F2N2O8S2. The maximum atomic E-state index is 13.5. The molecule has 1 amide bonds. The van der Waals surface area contributed by atoms with Crippen LogP contribution in [-0.4, -0.2) is 69.8 Å². The number of nitrogens with one attached hydrogen (secondary N) is 1. The van der Waals surface area contributed by atoms with Gasteiger partial charge in [0.05, 0.1) is 32.8 Å². The normalized spacial score (nSPS) is 17.7. The summed E-state index contributed by atoms with van der Waals surface area (Å²) in [5.41, 5.74) is 2.26. The summed E-state index contributed by atoms with van der Waals surface area (Å²) in [6.45, 7) is 7.54. The first-order chi connectivity index (χ1) is 25.0. The van der Waals surface area contributed by atoms with E-state index in [-0.39, 0.29) is 50.7 Å². The lowest BCUT2D eigenvalue weighted by Gasteiger charge is -2.24. The number of nitrogens with zero attached hydrogens (tertiary/aromatic N) is 1. The number of ether oxygens (including phenoxy) is 1. The van der Waals surface area contributed by atoms with Crippen LogP contribution in [0.15, 0.2) is 105 Å². The van der Waals surface area contributed by atoms with Gasteiger partial charge >= 0.3 is 6.09 Å². The van der Waals surface area contributed by atoms with Gasteiger partial charge in [0.25, 0.3) is 0 Å². The monoisotopic (exact) mass is 770 g/mol. The molecule has 0 saturated carbocycles. The first-order valence-electron chi connectivity index (χ1n) is 17.2. The minimum atomic E-state index is -3.91. The van der Waals surface area contributed by atoms with Crippen LogP contribution in [0.4, 0.5) is 13.6 Å². The van der Waals surface area contributed by atoms with E-state index >= 15 is 0 Å². The van der Waals surface area contributed by atoms with E-state index < -0.39 is 36.9 Å². The Labute approximate surface area is 309 Å². The third-order valence-electron chi connectivity index (χ3n) is 9.18. The molecule has 2 unspecified atom stereocenters. The number of amides is 1. The van der Waals surface area contributed by atoms with E-state index in [1.54, 1.807) is 37.8 Å². The van der Waals surface area contributed by atoms with Crippen LogP contribution in [-0.2, 0) is 37.6 Å². The molecule has 2 heterocycles. The quantitative estimate of drug-likeness (QED) is 0.193. The molecule has 0 bridgehead atoms. The van der Waals surface area contributed by atoms with E-state index in [2.05, 4.69) is 5.32 Å². The maximum absolute atomic E-state index is 13.5. The second-order valence-corrected chi connectivity index (χ2v) is 18.0. The number of likely N-dealkylation sites (tertiary alicyclic amines) is 1. The SMILES string of the molecule is CC(C)(C)OC(=O)N1CCC(c2ccc(S(=O)(=O)c3cccc(F)c3)cc2CO)C1.O=S(=O)(c1cccc(F)c1)c1ccc(C2CCNC2)c(CO)c1. The minimum absolute atomic E-state index is 0.0112. The van der Waals surface area contributed by atoms with Crippen molar-refractivity contribution in [3.63, 3.8) is 0 Å². The standard InChI is InChI=1S/C22H26FNO5S.C17H18FNO3S/c1-22(2,3)29-21(26)24-10-9-15(13-24)20-8-7-19(11-16(20)14-25)30(27,28)18-6-4-5-17(23)12-18;18-14-2-1-3-15(9-14)23(21,22)16-4-5-17(13(8-16)11-20)12-6-7-19-10-12/h4-8,11-12,15,25H,9-10,13-14H2,1-3H3;1-5,8-9,12,19-20H,6-7,10-11H2. The van der Waals surface area contributed by atoms with Crippen LogP contribution in [0.2, 0.25) is 0 Å². The minimum Gasteiger partial charge on any atom is -0.444 e. The van der Waals surface area contributed by atoms with E-state index in [0.717, 1.165) is 42.8 Å². The summed E-state index contributed by atoms with van der Waals surface area (Å²) in [4.78, 5) is 13.8. The molecule has 0 aromatic heterocycles. The van der Waals surface area contributed by atoms with Gasteiger partial charge in [0.1, 0.15) is 17.2 Å². The molecular weight excluding hydrogens is 727 g/mol. The smallest absolute Gasteiger partial charge is 0.410 e. The van der Waals surface area contributed by atoms with Crippen molar-refractivity contribution in [2.45, 2.75) is 83.8 Å². The Balaban J connectivity index is 0.000000211. The Morgan fingerprint density at radius 2 is 1.25 bits per heavy atom. The molecule has 2 atom stereocenters. The molecule has 3 N–H and O–H groups in total. The van der Waals surface area contributed by atoms with Crippen molar-refractivity contribution in [3.8, 4) is 0 Å². The van der Waals surface area contributed by atoms with E-state index in [4.69, 9.17) is 4.74 Å². The van der Waals surface area contributed by atoms with Crippen molar-refractivity contribution in [3.05, 3.63) is 119 Å². The molecule has 2 aliphatic rings. The number of hydrogen-bond donors (Lipinski definition) is 3. The summed E-state index contributed by atoms with van der Waals surface area (Å²) in [6, 6.07) is 19.1. The fraction of sp³-hybridized carbons (Fsp3) is 0.359. The van der Waals surface area contributed by atoms with Crippen molar-refractivity contribution >= 4 is 25.8 Å². The molecule has 284 valence electrons. The lowest BCUT2D eigenvalue weighted by Crippen LogP contribution is -2.35. The fourth-order valence-corrected chi connectivity index (χ4v) is 9.22. The highest BCUT2D eigenvalue weighted by atomic mass is 32.2. The van der Waals surface area contributed by atoms with Gasteiger partial charge in [-0.05, 0) is 129 Å². The molecule has 10 nitrogen and oxygen atoms in total. The first-order valence-corrected chi connectivity index (χ1v) is 20.2. The number of carbonyl (C=O) groups excluding carboxylic acids is 1. The zero-order valence-corrected chi connectivity index (χ0v) is 31.4. The maximum Gasteiger partial charge on any atom is 0.410 e. The number of aliphatic hydroxyl groups excluding tert-OH is 2. The average Bonchev–Trinajstić information content (AvgIpc) is 3.84. The molecule has 0 aliphatic carbocycles. The average molecular weight is 771 g/mol. The van der Waals surface area contributed by atoms with Crippen LogP contribution >= 0.6 is 0 Å². The Morgan fingerprint density at radius 3 is 1.68 bits per heavy atom. The lowest BCUT2D eigenvalue weighted by molar-refractivity contribution is 0.0292. The van der Waals surface area contributed by atoms with Gasteiger partial charge in [-0.15, -0.1) is 0 Å². The summed E-state index contributed by atoms with van der Waals surface area (Å²) >= 11 is 0. The number of rotatable bonds is 8. The third kappa shape index (κ3) is 9.48. The van der Waals surface area contributed by atoms with Gasteiger partial charge in [0.15, 0.2) is 0 Å². The predicted molar refractivity (Wildman–Crippen MR) is 194 cm³/mol. The van der Waals surface area contributed by atoms with Crippen LogP contribution in [0.5, 0.6) is 0 Å². The predicted octanol–water partition coefficient (Wildman–Crippen LogP) is 6.10. The molecule has 53 heavy (non-hydrogen) atoms. The van der Waals surface area contributed by atoms with Crippen LogP contribution in [0.25, 0.3) is 0 Å². The van der Waals surface area contributed by atoms with E-state index in [0.29, 0.717) is 30.6 Å². The number of aliphatic hydroxyl groups is 2. The van der Waals surface area contributed by atoms with Crippen molar-refractivity contribution in [2.75, 3.05) is 26.2 Å². The molecule has 2 aliphatic heterocycles. The topological polar surface area (TPSA) is 150 Å². The van der Waals surface area contributed by atoms with Gasteiger partial charge < -0.3 is 25.2 Å². The largest absolute Gasteiger partial charge is 0.444 e. The molecule has 2 fully saturated rings. The number of hydrogen-bond acceptors (Lipinski definition) is 9. The lowest BCUT2D eigenvalue weighted by atomic mass is 9.94. The van der Waals surface area contributed by atoms with Crippen molar-refractivity contribution in [2.24, 2.45) is 0 Å². The summed E-state index contributed by atoms with van der Waals surface area (Å²) in [6.07, 6.45) is 1.26. The number of carbonyl (C=O) groups is 1. The molecule has 4 aromatic carbocycles. The first kappa shape index (κ1) is 40.0. The number of benzene rings is 4. The van der Waals surface area contributed by atoms with Crippen molar-refractivity contribution in [1.82, 2.24) is 10.2 Å². The second-order valence-electron chi connectivity index (χ2n) is 14.1. The van der Waals surface area contributed by atoms with Gasteiger partial charge in [0, 0.05) is 25.6 Å². The molecule has 4 aromatic rings. The van der Waals surface area contributed by atoms with Crippen LogP contribution in [0.1, 0.15) is 67.7 Å². The van der Waals surface area contributed by atoms with E-state index in [1.807, 2.05) is 0 Å². The number of sulfone groups is 2. The van der Waals surface area contributed by atoms with Crippen molar-refractivity contribution < 1.29 is 45.4 Å². The highest BCUT2D eigenvalue weighted by molar-refractivity contribution is 7.91. The Kier molecular flexibility index (Phi) is 12.4. The molecule has 14 heteroatoms. The highest BCUT2D eigenvalue weighted by Crippen LogP contribution is 2.34. The molecule has 0 spiro atoms. The van der Waals surface area contributed by atoms with Gasteiger partial charge in [-0.25, -0.2) is 30.4 Å². The summed E-state index contributed by atoms with van der Waals surface area (Å²) in [5.74, 6) is -0.987. The van der Waals surface area contributed by atoms with Gasteiger partial charge in [-0.3, -0.25) is 0 Å². The zero-order chi connectivity index (χ0) is 38.6. The van der Waals surface area contributed by atoms with Gasteiger partial charge in [-0.1, -0.05) is 24.3 Å². The number of halogens is 2. The summed E-state index contributed by atoms with van der Waals surface area (Å²) in [7, 11) is -7.72. The zero-order valence-electron chi connectivity index (χ0n) is 29.8. The summed E-state index contributed by atoms with van der Waals surface area (Å²) < 4.78 is 83.2. The van der Waals surface area contributed by atoms with Crippen LogP contribution < -0.4 is 5.32 Å². The van der Waals surface area contributed by atoms with Gasteiger partial charge in [0.2, 0.25) is 19.7 Å². The Morgan fingerprint density at radius 1 is 0.755 bits per heavy atom. The fourth-order valence-electron chi connectivity index (χ4n) is 6.54. The van der Waals surface area contributed by atoms with E-state index in [9.17, 15) is 40.6 Å². The molecule has 2 saturated heterocycles. The Bertz CT molecular complexity index is 2170. The van der Waals surface area contributed by atoms with Crippen molar-refractivity contribution in [1.29, 1.82) is 0 Å². The highest BCUT2D eigenvalue weighted by Gasteiger charge is 2.32. The molecule has 6 rings (SSSR count). The second kappa shape index (κ2) is 16.4.